The number of nitrogens with zero attached hydrogens (tertiary/aromatic N) is 1. The Balaban J connectivity index is 1.03. The maximum absolute atomic E-state index is 6.66. The Morgan fingerprint density at radius 1 is 0.279 bits per heavy atom. The predicted octanol–water partition coefficient (Wildman–Crippen LogP) is 16.6. The van der Waals surface area contributed by atoms with Crippen LogP contribution in [0.2, 0.25) is 0 Å². The van der Waals surface area contributed by atoms with Gasteiger partial charge in [-0.05, 0) is 126 Å². The van der Waals surface area contributed by atoms with Crippen molar-refractivity contribution < 1.29 is 8.83 Å². The summed E-state index contributed by atoms with van der Waals surface area (Å²) in [7, 11) is 0. The fraction of sp³-hybridized carbons (Fsp3) is 0. The molecule has 15 aromatic rings. The van der Waals surface area contributed by atoms with E-state index in [1.54, 1.807) is 0 Å². The Morgan fingerprint density at radius 3 is 1.15 bits per heavy atom. The summed E-state index contributed by atoms with van der Waals surface area (Å²) in [5.41, 5.74) is 12.0. The number of fused-ring (bicyclic) bond motifs is 16. The lowest BCUT2D eigenvalue weighted by atomic mass is 9.90. The largest absolute Gasteiger partial charge is 0.456 e. The number of hydrogen-bond donors (Lipinski definition) is 0. The molecule has 0 radical (unpaired) electrons. The molecule has 0 atom stereocenters. The second-order valence-electron chi connectivity index (χ2n) is 16.8. The summed E-state index contributed by atoms with van der Waals surface area (Å²) in [6.07, 6.45) is 0. The van der Waals surface area contributed by atoms with Crippen LogP contribution >= 0.6 is 0 Å². The smallest absolute Gasteiger partial charge is 0.136 e. The van der Waals surface area contributed by atoms with Crippen LogP contribution in [0, 0.1) is 0 Å². The Kier molecular flexibility index (Phi) is 5.90. The molecule has 0 saturated heterocycles. The number of hydrogen-bond acceptors (Lipinski definition) is 2. The van der Waals surface area contributed by atoms with E-state index in [0.717, 1.165) is 55.0 Å². The fourth-order valence-electron chi connectivity index (χ4n) is 11.0. The quantitative estimate of drug-likeness (QED) is 0.175. The van der Waals surface area contributed by atoms with Crippen molar-refractivity contribution in [1.82, 2.24) is 4.40 Å². The first-order valence-corrected chi connectivity index (χ1v) is 21.0. The Hall–Kier alpha value is -8.14. The normalized spacial score (nSPS) is 12.6. The highest BCUT2D eigenvalue weighted by Crippen LogP contribution is 2.50. The van der Waals surface area contributed by atoms with Crippen LogP contribution in [-0.4, -0.2) is 4.40 Å². The molecular formula is C58H31NO2. The number of aromatic nitrogens is 1. The van der Waals surface area contributed by atoms with E-state index < -0.39 is 0 Å². The Labute approximate surface area is 347 Å². The molecule has 3 nitrogen and oxygen atoms in total. The lowest BCUT2D eigenvalue weighted by Gasteiger charge is -2.13. The molecule has 3 heteroatoms. The summed E-state index contributed by atoms with van der Waals surface area (Å²) in [5.74, 6) is 0. The van der Waals surface area contributed by atoms with Crippen molar-refractivity contribution in [3.63, 3.8) is 0 Å². The summed E-state index contributed by atoms with van der Waals surface area (Å²) in [4.78, 5) is 0. The van der Waals surface area contributed by atoms with E-state index in [1.807, 2.05) is 0 Å². The second-order valence-corrected chi connectivity index (χ2v) is 16.8. The maximum Gasteiger partial charge on any atom is 0.136 e. The van der Waals surface area contributed by atoms with Crippen LogP contribution in [0.25, 0.3) is 147 Å². The van der Waals surface area contributed by atoms with Crippen molar-refractivity contribution in [2.24, 2.45) is 0 Å². The highest BCUT2D eigenvalue weighted by Gasteiger charge is 2.25. The average Bonchev–Trinajstić information content (AvgIpc) is 4.04. The van der Waals surface area contributed by atoms with Gasteiger partial charge in [-0.1, -0.05) is 127 Å². The zero-order valence-corrected chi connectivity index (χ0v) is 32.7. The lowest BCUT2D eigenvalue weighted by molar-refractivity contribution is 0.669. The van der Waals surface area contributed by atoms with Crippen LogP contribution in [0.1, 0.15) is 0 Å². The number of benzene rings is 11. The first-order valence-electron chi connectivity index (χ1n) is 21.0. The van der Waals surface area contributed by atoms with Gasteiger partial charge in [-0.3, -0.25) is 0 Å². The molecule has 0 amide bonds. The molecule has 0 fully saturated rings. The van der Waals surface area contributed by atoms with Gasteiger partial charge in [0.2, 0.25) is 0 Å². The van der Waals surface area contributed by atoms with Crippen LogP contribution in [0.3, 0.4) is 0 Å². The molecule has 0 bridgehead atoms. The molecule has 0 spiro atoms. The van der Waals surface area contributed by atoms with Crippen LogP contribution < -0.4 is 0 Å². The van der Waals surface area contributed by atoms with E-state index >= 15 is 0 Å². The van der Waals surface area contributed by atoms with E-state index in [-0.39, 0.29) is 0 Å². The Morgan fingerprint density at radius 2 is 0.672 bits per heavy atom. The van der Waals surface area contributed by atoms with E-state index in [4.69, 9.17) is 8.83 Å². The van der Waals surface area contributed by atoms with Crippen LogP contribution in [-0.2, 0) is 0 Å². The standard InChI is InChI=1S/C58H31NO2/c1-3-12-34-28-52-46(24-32(34)10-1)42-22-20-38(30-50(42)60-52)54-40-16-7-5-14-36(40)26-48-56(54)44-18-9-19-45-57-49(59(48)58(44)45)27-37-15-6-8-17-41(37)55(57)39-21-23-43-47-25-33-11-2-4-13-35(33)29-53(47)61-51(43)31-39/h1-31H. The van der Waals surface area contributed by atoms with Crippen molar-refractivity contribution in [3.05, 3.63) is 188 Å². The molecule has 0 unspecified atom stereocenters. The number of rotatable bonds is 2. The summed E-state index contributed by atoms with van der Waals surface area (Å²) in [6, 6.07) is 68.9. The average molecular weight is 774 g/mol. The molecule has 280 valence electrons. The van der Waals surface area contributed by atoms with Gasteiger partial charge in [0.1, 0.15) is 22.3 Å². The summed E-state index contributed by atoms with van der Waals surface area (Å²) >= 11 is 0. The van der Waals surface area contributed by atoms with Gasteiger partial charge in [0.25, 0.3) is 0 Å². The summed E-state index contributed by atoms with van der Waals surface area (Å²) < 4.78 is 15.9. The van der Waals surface area contributed by atoms with E-state index in [1.165, 1.54) is 92.3 Å². The maximum atomic E-state index is 6.66. The molecule has 11 aromatic carbocycles. The van der Waals surface area contributed by atoms with Gasteiger partial charge in [0.05, 0.1) is 16.6 Å². The zero-order valence-electron chi connectivity index (χ0n) is 32.7. The molecule has 15 rings (SSSR count). The first-order chi connectivity index (χ1) is 30.2. The van der Waals surface area contributed by atoms with Crippen molar-refractivity contribution in [2.45, 2.75) is 0 Å². The van der Waals surface area contributed by atoms with E-state index in [0.29, 0.717) is 0 Å². The number of furan rings is 2. The summed E-state index contributed by atoms with van der Waals surface area (Å²) in [5, 5.41) is 19.2. The fourth-order valence-corrected chi connectivity index (χ4v) is 11.0. The molecule has 0 aliphatic rings. The molecule has 4 heterocycles. The molecular weight excluding hydrogens is 743 g/mol. The monoisotopic (exact) mass is 773 g/mol. The third-order valence-electron chi connectivity index (χ3n) is 13.6. The second kappa shape index (κ2) is 11.3. The van der Waals surface area contributed by atoms with Gasteiger partial charge < -0.3 is 13.2 Å². The molecule has 0 aliphatic carbocycles. The lowest BCUT2D eigenvalue weighted by Crippen LogP contribution is -1.89. The molecule has 4 aromatic heterocycles. The number of para-hydroxylation sites is 1. The topological polar surface area (TPSA) is 30.7 Å². The van der Waals surface area contributed by atoms with Gasteiger partial charge in [-0.2, -0.15) is 0 Å². The van der Waals surface area contributed by atoms with Crippen molar-refractivity contribution >= 4 is 125 Å². The molecule has 0 aliphatic heterocycles. The van der Waals surface area contributed by atoms with Crippen LogP contribution in [0.4, 0.5) is 0 Å². The minimum Gasteiger partial charge on any atom is -0.456 e. The first kappa shape index (κ1) is 31.8. The van der Waals surface area contributed by atoms with Gasteiger partial charge in [0, 0.05) is 43.1 Å². The highest BCUT2D eigenvalue weighted by atomic mass is 16.3. The van der Waals surface area contributed by atoms with Gasteiger partial charge in [-0.15, -0.1) is 0 Å². The van der Waals surface area contributed by atoms with E-state index in [9.17, 15) is 0 Å². The predicted molar refractivity (Wildman–Crippen MR) is 257 cm³/mol. The van der Waals surface area contributed by atoms with Crippen molar-refractivity contribution in [3.8, 4) is 22.3 Å². The summed E-state index contributed by atoms with van der Waals surface area (Å²) in [6.45, 7) is 0. The molecule has 0 saturated carbocycles. The highest BCUT2D eigenvalue weighted by molar-refractivity contribution is 6.33. The van der Waals surface area contributed by atoms with E-state index in [2.05, 4.69) is 192 Å². The van der Waals surface area contributed by atoms with Crippen molar-refractivity contribution in [1.29, 1.82) is 0 Å². The third-order valence-corrected chi connectivity index (χ3v) is 13.6. The van der Waals surface area contributed by atoms with Gasteiger partial charge in [0.15, 0.2) is 0 Å². The third kappa shape index (κ3) is 4.17. The molecule has 0 N–H and O–H groups in total. The van der Waals surface area contributed by atoms with Crippen LogP contribution in [0.15, 0.2) is 197 Å². The van der Waals surface area contributed by atoms with Gasteiger partial charge in [-0.25, -0.2) is 0 Å². The van der Waals surface area contributed by atoms with Crippen LogP contribution in [0.5, 0.6) is 0 Å². The molecule has 61 heavy (non-hydrogen) atoms. The Bertz CT molecular complexity index is 4130. The van der Waals surface area contributed by atoms with Crippen molar-refractivity contribution in [2.75, 3.05) is 0 Å². The minimum atomic E-state index is 0.900. The minimum absolute atomic E-state index is 0.900. The SMILES string of the molecule is c1ccc2cc3c(cc2c1)oc1cc(-c2c4ccccc4cc4c2c2cccc5c6c(-c7ccc8c(c7)oc7cc9ccccc9cc78)c7ccccc7cc6n4c25)ccc13. The zero-order chi connectivity index (χ0) is 39.5. The van der Waals surface area contributed by atoms with Gasteiger partial charge >= 0.3 is 0 Å².